The topological polar surface area (TPSA) is 52.0 Å². The van der Waals surface area contributed by atoms with E-state index in [0.29, 0.717) is 42.8 Å². The van der Waals surface area contributed by atoms with Gasteiger partial charge in [0.25, 0.3) is 5.56 Å². The number of carbonyl (C=O) groups is 1. The molecule has 142 valence electrons. The maximum absolute atomic E-state index is 13.0. The van der Waals surface area contributed by atoms with E-state index in [1.165, 1.54) is 23.1 Å². The number of benzene rings is 1. The molecule has 3 rings (SSSR count). The number of ketones is 1. The van der Waals surface area contributed by atoms with Gasteiger partial charge in [0.15, 0.2) is 10.9 Å². The second kappa shape index (κ2) is 8.78. The molecule has 27 heavy (non-hydrogen) atoms. The number of Topliss-reactive ketones (excluding diaryl/α,β-unsaturated/α-hetero) is 1. The van der Waals surface area contributed by atoms with E-state index in [-0.39, 0.29) is 17.1 Å². The molecule has 0 aliphatic heterocycles. The number of thioether (sulfide) groups is 1. The van der Waals surface area contributed by atoms with E-state index in [9.17, 15) is 9.59 Å². The van der Waals surface area contributed by atoms with Crippen LogP contribution in [0.2, 0.25) is 9.36 Å². The highest BCUT2D eigenvalue weighted by Crippen LogP contribution is 2.25. The Bertz CT molecular complexity index is 1040. The minimum Gasteiger partial charge on any atom is -0.292 e. The lowest BCUT2D eigenvalue weighted by Crippen LogP contribution is -2.24. The van der Waals surface area contributed by atoms with Crippen molar-refractivity contribution in [2.45, 2.75) is 32.0 Å². The first kappa shape index (κ1) is 20.4. The van der Waals surface area contributed by atoms with Gasteiger partial charge in [0, 0.05) is 11.6 Å². The summed E-state index contributed by atoms with van der Waals surface area (Å²) in [4.78, 5) is 30.6. The van der Waals surface area contributed by atoms with E-state index in [1.807, 2.05) is 0 Å². The molecule has 0 atom stereocenters. The fourth-order valence-corrected chi connectivity index (χ4v) is 4.68. The van der Waals surface area contributed by atoms with Crippen LogP contribution in [-0.4, -0.2) is 21.1 Å². The number of aromatic nitrogens is 2. The third kappa shape index (κ3) is 4.93. The van der Waals surface area contributed by atoms with Crippen LogP contribution in [-0.2, 0) is 6.54 Å². The van der Waals surface area contributed by atoms with Crippen molar-refractivity contribution in [3.05, 3.63) is 54.9 Å². The number of fused-ring (bicyclic) bond motifs is 1. The van der Waals surface area contributed by atoms with E-state index >= 15 is 0 Å². The fourth-order valence-electron chi connectivity index (χ4n) is 2.53. The number of hydrogen-bond acceptors (Lipinski definition) is 5. The molecule has 0 radical (unpaired) electrons. The Kier molecular flexibility index (Phi) is 6.63. The van der Waals surface area contributed by atoms with Gasteiger partial charge >= 0.3 is 0 Å². The predicted octanol–water partition coefficient (Wildman–Crippen LogP) is 5.79. The molecule has 0 bridgehead atoms. The van der Waals surface area contributed by atoms with Gasteiger partial charge in [-0.25, -0.2) is 4.98 Å². The molecule has 0 fully saturated rings. The summed E-state index contributed by atoms with van der Waals surface area (Å²) in [6.45, 7) is 4.77. The number of rotatable bonds is 7. The van der Waals surface area contributed by atoms with Crippen molar-refractivity contribution in [2.24, 2.45) is 5.92 Å². The molecule has 1 aromatic carbocycles. The average molecular weight is 441 g/mol. The highest BCUT2D eigenvalue weighted by molar-refractivity contribution is 7.99. The van der Waals surface area contributed by atoms with Crippen LogP contribution in [0.1, 0.15) is 29.9 Å². The maximum Gasteiger partial charge on any atom is 0.262 e. The largest absolute Gasteiger partial charge is 0.292 e. The third-order valence-electron chi connectivity index (χ3n) is 3.99. The van der Waals surface area contributed by atoms with Crippen molar-refractivity contribution in [2.75, 3.05) is 5.75 Å². The van der Waals surface area contributed by atoms with Crippen LogP contribution < -0.4 is 5.56 Å². The van der Waals surface area contributed by atoms with Crippen molar-refractivity contribution >= 4 is 63.0 Å². The van der Waals surface area contributed by atoms with E-state index in [0.717, 1.165) is 6.42 Å². The van der Waals surface area contributed by atoms with Crippen LogP contribution >= 0.6 is 46.3 Å². The second-order valence-electron chi connectivity index (χ2n) is 6.51. The van der Waals surface area contributed by atoms with Crippen molar-refractivity contribution in [3.63, 3.8) is 0 Å². The molecule has 0 amide bonds. The first-order valence-corrected chi connectivity index (χ1v) is 11.0. The third-order valence-corrected chi connectivity index (χ3v) is 6.48. The number of carbonyl (C=O) groups excluding carboxylic acids is 1. The molecule has 4 nitrogen and oxygen atoms in total. The lowest BCUT2D eigenvalue weighted by molar-refractivity contribution is 0.102. The standard InChI is InChI=1S/C19H18Cl2N2O2S2/c1-11(2)7-8-23-18(25)13-4-3-12(20)9-14(13)22-19(23)26-10-15(24)16-5-6-17(21)27-16/h3-6,9,11H,7-8,10H2,1-2H3. The number of hydrogen-bond donors (Lipinski definition) is 0. The van der Waals surface area contributed by atoms with Crippen LogP contribution in [0.3, 0.4) is 0 Å². The summed E-state index contributed by atoms with van der Waals surface area (Å²) in [5.41, 5.74) is 0.439. The Hall–Kier alpha value is -1.34. The van der Waals surface area contributed by atoms with Crippen molar-refractivity contribution in [3.8, 4) is 0 Å². The molecular weight excluding hydrogens is 423 g/mol. The molecule has 2 heterocycles. The Morgan fingerprint density at radius 3 is 2.70 bits per heavy atom. The molecule has 0 spiro atoms. The van der Waals surface area contributed by atoms with Crippen LogP contribution in [0.4, 0.5) is 0 Å². The average Bonchev–Trinajstić information content (AvgIpc) is 3.05. The smallest absolute Gasteiger partial charge is 0.262 e. The first-order chi connectivity index (χ1) is 12.8. The van der Waals surface area contributed by atoms with Gasteiger partial charge in [-0.1, -0.05) is 48.8 Å². The van der Waals surface area contributed by atoms with Crippen LogP contribution in [0.25, 0.3) is 10.9 Å². The zero-order valence-electron chi connectivity index (χ0n) is 14.9. The van der Waals surface area contributed by atoms with Gasteiger partial charge < -0.3 is 0 Å². The lowest BCUT2D eigenvalue weighted by atomic mass is 10.1. The van der Waals surface area contributed by atoms with Gasteiger partial charge in [0.1, 0.15) is 0 Å². The summed E-state index contributed by atoms with van der Waals surface area (Å²) in [5, 5.41) is 1.59. The summed E-state index contributed by atoms with van der Waals surface area (Å²) >= 11 is 14.5. The fraction of sp³-hybridized carbons (Fsp3) is 0.316. The molecule has 0 saturated carbocycles. The van der Waals surface area contributed by atoms with E-state index in [2.05, 4.69) is 18.8 Å². The lowest BCUT2D eigenvalue weighted by Gasteiger charge is -2.14. The van der Waals surface area contributed by atoms with Crippen molar-refractivity contribution in [1.29, 1.82) is 0 Å². The molecule has 2 aromatic heterocycles. The summed E-state index contributed by atoms with van der Waals surface area (Å²) in [6.07, 6.45) is 0.850. The van der Waals surface area contributed by atoms with Crippen molar-refractivity contribution < 1.29 is 4.79 Å². The van der Waals surface area contributed by atoms with Gasteiger partial charge in [-0.3, -0.25) is 14.2 Å². The molecule has 0 N–H and O–H groups in total. The van der Waals surface area contributed by atoms with Gasteiger partial charge in [-0.05, 0) is 42.7 Å². The van der Waals surface area contributed by atoms with Crippen molar-refractivity contribution in [1.82, 2.24) is 9.55 Å². The van der Waals surface area contributed by atoms with Crippen LogP contribution in [0, 0.1) is 5.92 Å². The minimum atomic E-state index is -0.105. The molecule has 0 unspecified atom stereocenters. The second-order valence-corrected chi connectivity index (χ2v) is 9.60. The maximum atomic E-state index is 13.0. The van der Waals surface area contributed by atoms with E-state index < -0.39 is 0 Å². The normalized spacial score (nSPS) is 11.4. The summed E-state index contributed by atoms with van der Waals surface area (Å²) in [5.74, 6) is 0.607. The highest BCUT2D eigenvalue weighted by Gasteiger charge is 2.15. The van der Waals surface area contributed by atoms with Gasteiger partial charge in [-0.15, -0.1) is 11.3 Å². The summed E-state index contributed by atoms with van der Waals surface area (Å²) in [6, 6.07) is 8.49. The predicted molar refractivity (Wildman–Crippen MR) is 115 cm³/mol. The first-order valence-electron chi connectivity index (χ1n) is 8.46. The molecular formula is C19H18Cl2N2O2S2. The van der Waals surface area contributed by atoms with Gasteiger partial charge in [0.05, 0.1) is 25.9 Å². The minimum absolute atomic E-state index is 0.0345. The number of thiophene rings is 1. The summed E-state index contributed by atoms with van der Waals surface area (Å²) < 4.78 is 2.24. The zero-order chi connectivity index (χ0) is 19.6. The van der Waals surface area contributed by atoms with Gasteiger partial charge in [-0.2, -0.15) is 0 Å². The Morgan fingerprint density at radius 1 is 1.26 bits per heavy atom. The SMILES string of the molecule is CC(C)CCn1c(SCC(=O)c2ccc(Cl)s2)nc2cc(Cl)ccc2c1=O. The van der Waals surface area contributed by atoms with Crippen LogP contribution in [0.5, 0.6) is 0 Å². The molecule has 3 aromatic rings. The highest BCUT2D eigenvalue weighted by atomic mass is 35.5. The monoisotopic (exact) mass is 440 g/mol. The number of halogens is 2. The Labute approximate surface area is 175 Å². The quantitative estimate of drug-likeness (QED) is 0.265. The Morgan fingerprint density at radius 2 is 2.04 bits per heavy atom. The van der Waals surface area contributed by atoms with Gasteiger partial charge in [0.2, 0.25) is 0 Å². The van der Waals surface area contributed by atoms with E-state index in [4.69, 9.17) is 23.2 Å². The molecule has 0 aliphatic rings. The summed E-state index contributed by atoms with van der Waals surface area (Å²) in [7, 11) is 0. The zero-order valence-corrected chi connectivity index (χ0v) is 18.0. The number of nitrogens with zero attached hydrogens (tertiary/aromatic N) is 2. The Balaban J connectivity index is 1.94. The molecule has 8 heteroatoms. The van der Waals surface area contributed by atoms with Crippen LogP contribution in [0.15, 0.2) is 40.3 Å². The van der Waals surface area contributed by atoms with E-state index in [1.54, 1.807) is 34.9 Å². The molecule has 0 saturated heterocycles. The molecule has 0 aliphatic carbocycles.